The molecule has 0 aliphatic heterocycles. The van der Waals surface area contributed by atoms with Crippen LogP contribution in [0.1, 0.15) is 55.6 Å². The summed E-state index contributed by atoms with van der Waals surface area (Å²) in [5, 5.41) is 3.55. The molecule has 1 aliphatic carbocycles. The van der Waals surface area contributed by atoms with Gasteiger partial charge in [-0.1, -0.05) is 13.3 Å². The van der Waals surface area contributed by atoms with Crippen molar-refractivity contribution < 1.29 is 0 Å². The molecule has 16 heavy (non-hydrogen) atoms. The van der Waals surface area contributed by atoms with Crippen LogP contribution >= 0.6 is 11.3 Å². The van der Waals surface area contributed by atoms with Crippen LogP contribution < -0.4 is 5.73 Å². The van der Waals surface area contributed by atoms with Gasteiger partial charge in [-0.3, -0.25) is 0 Å². The zero-order valence-corrected chi connectivity index (χ0v) is 10.9. The van der Waals surface area contributed by atoms with Crippen LogP contribution in [0.4, 0.5) is 0 Å². The molecule has 1 heterocycles. The molecular weight excluding hydrogens is 216 g/mol. The van der Waals surface area contributed by atoms with Gasteiger partial charge in [-0.05, 0) is 38.1 Å². The van der Waals surface area contributed by atoms with E-state index in [9.17, 15) is 0 Å². The molecule has 1 fully saturated rings. The topological polar surface area (TPSA) is 38.9 Å². The summed E-state index contributed by atoms with van der Waals surface area (Å²) >= 11 is 1.84. The molecule has 1 aromatic heterocycles. The molecule has 2 rings (SSSR count). The molecular formula is C13H22N2S. The molecule has 1 aliphatic rings. The fourth-order valence-corrected chi connectivity index (χ4v) is 3.62. The lowest BCUT2D eigenvalue weighted by Crippen LogP contribution is -2.12. The van der Waals surface area contributed by atoms with E-state index in [4.69, 9.17) is 10.7 Å². The molecule has 0 unspecified atom stereocenters. The molecule has 0 atom stereocenters. The second-order valence-electron chi connectivity index (χ2n) is 4.84. The van der Waals surface area contributed by atoms with Gasteiger partial charge in [0.1, 0.15) is 0 Å². The maximum atomic E-state index is 5.55. The number of hydrogen-bond acceptors (Lipinski definition) is 3. The first-order chi connectivity index (χ1) is 7.83. The third-order valence-electron chi connectivity index (χ3n) is 3.74. The van der Waals surface area contributed by atoms with Crippen LogP contribution in [0.25, 0.3) is 0 Å². The summed E-state index contributed by atoms with van der Waals surface area (Å²) in [5.41, 5.74) is 6.74. The van der Waals surface area contributed by atoms with E-state index in [2.05, 4.69) is 12.3 Å². The second-order valence-corrected chi connectivity index (χ2v) is 5.73. The average Bonchev–Trinajstić information content (AvgIpc) is 2.78. The van der Waals surface area contributed by atoms with Crippen LogP contribution in [-0.4, -0.2) is 11.5 Å². The molecule has 2 N–H and O–H groups in total. The Bertz CT molecular complexity index is 313. The summed E-state index contributed by atoms with van der Waals surface area (Å²) in [5.74, 6) is 1.71. The van der Waals surface area contributed by atoms with Crippen molar-refractivity contribution in [2.75, 3.05) is 6.54 Å². The standard InChI is InChI=1S/C13H22N2S/c1-2-10-3-5-11(6-4-10)13-15-12(7-8-14)9-16-13/h9-11H,2-8,14H2,1H3. The quantitative estimate of drug-likeness (QED) is 0.874. The minimum atomic E-state index is 0.714. The molecule has 0 saturated heterocycles. The maximum absolute atomic E-state index is 5.55. The molecule has 90 valence electrons. The van der Waals surface area contributed by atoms with E-state index >= 15 is 0 Å². The lowest BCUT2D eigenvalue weighted by atomic mass is 9.81. The summed E-state index contributed by atoms with van der Waals surface area (Å²) in [6.07, 6.45) is 7.76. The monoisotopic (exact) mass is 238 g/mol. The van der Waals surface area contributed by atoms with E-state index < -0.39 is 0 Å². The van der Waals surface area contributed by atoms with E-state index in [1.807, 2.05) is 11.3 Å². The van der Waals surface area contributed by atoms with Crippen molar-refractivity contribution in [3.8, 4) is 0 Å². The minimum Gasteiger partial charge on any atom is -0.330 e. The van der Waals surface area contributed by atoms with Crippen LogP contribution in [0.2, 0.25) is 0 Å². The Morgan fingerprint density at radius 2 is 2.12 bits per heavy atom. The summed E-state index contributed by atoms with van der Waals surface area (Å²) in [4.78, 5) is 4.71. The van der Waals surface area contributed by atoms with Gasteiger partial charge in [-0.15, -0.1) is 11.3 Å². The SMILES string of the molecule is CCC1CCC(c2nc(CCN)cs2)CC1. The second kappa shape index (κ2) is 5.78. The Labute approximate surface area is 102 Å². The number of nitrogens with zero attached hydrogens (tertiary/aromatic N) is 1. The maximum Gasteiger partial charge on any atom is 0.0959 e. The van der Waals surface area contributed by atoms with Crippen LogP contribution in [0.15, 0.2) is 5.38 Å². The predicted octanol–water partition coefficient (Wildman–Crippen LogP) is 3.33. The highest BCUT2D eigenvalue weighted by Crippen LogP contribution is 2.37. The van der Waals surface area contributed by atoms with Crippen molar-refractivity contribution >= 4 is 11.3 Å². The van der Waals surface area contributed by atoms with Gasteiger partial charge in [-0.2, -0.15) is 0 Å². The van der Waals surface area contributed by atoms with E-state index in [-0.39, 0.29) is 0 Å². The Kier molecular flexibility index (Phi) is 4.36. The summed E-state index contributed by atoms with van der Waals surface area (Å²) in [6, 6.07) is 0. The number of aromatic nitrogens is 1. The largest absolute Gasteiger partial charge is 0.330 e. The van der Waals surface area contributed by atoms with Crippen LogP contribution in [0.5, 0.6) is 0 Å². The summed E-state index contributed by atoms with van der Waals surface area (Å²) in [6.45, 7) is 3.03. The van der Waals surface area contributed by atoms with Gasteiger partial charge in [0.15, 0.2) is 0 Å². The first-order valence-corrected chi connectivity index (χ1v) is 7.35. The van der Waals surface area contributed by atoms with Crippen molar-refractivity contribution in [3.63, 3.8) is 0 Å². The molecule has 3 heteroatoms. The highest BCUT2D eigenvalue weighted by Gasteiger charge is 2.23. The number of nitrogens with two attached hydrogens (primary N) is 1. The lowest BCUT2D eigenvalue weighted by molar-refractivity contribution is 0.318. The van der Waals surface area contributed by atoms with Gasteiger partial charge in [0.05, 0.1) is 10.7 Å². The van der Waals surface area contributed by atoms with Crippen molar-refractivity contribution in [3.05, 3.63) is 16.1 Å². The van der Waals surface area contributed by atoms with Crippen LogP contribution in [-0.2, 0) is 6.42 Å². The fourth-order valence-electron chi connectivity index (χ4n) is 2.59. The first kappa shape index (κ1) is 12.1. The lowest BCUT2D eigenvalue weighted by Gasteiger charge is -2.26. The van der Waals surface area contributed by atoms with Crippen LogP contribution in [0.3, 0.4) is 0 Å². The van der Waals surface area contributed by atoms with Crippen molar-refractivity contribution in [1.29, 1.82) is 0 Å². The first-order valence-electron chi connectivity index (χ1n) is 6.47. The van der Waals surface area contributed by atoms with Crippen LogP contribution in [0, 0.1) is 5.92 Å². The van der Waals surface area contributed by atoms with Crippen molar-refractivity contribution in [1.82, 2.24) is 4.98 Å². The normalized spacial score (nSPS) is 25.9. The van der Waals surface area contributed by atoms with Gasteiger partial charge < -0.3 is 5.73 Å². The Morgan fingerprint density at radius 3 is 2.75 bits per heavy atom. The molecule has 0 amide bonds. The number of rotatable bonds is 4. The van der Waals surface area contributed by atoms with E-state index in [0.717, 1.165) is 18.3 Å². The van der Waals surface area contributed by atoms with Gasteiger partial charge >= 0.3 is 0 Å². The molecule has 1 saturated carbocycles. The fraction of sp³-hybridized carbons (Fsp3) is 0.769. The number of thiazole rings is 1. The Hall–Kier alpha value is -0.410. The average molecular weight is 238 g/mol. The van der Waals surface area contributed by atoms with Gasteiger partial charge in [0, 0.05) is 17.7 Å². The third-order valence-corrected chi connectivity index (χ3v) is 4.80. The third kappa shape index (κ3) is 2.83. The molecule has 0 spiro atoms. The van der Waals surface area contributed by atoms with Gasteiger partial charge in [-0.25, -0.2) is 4.98 Å². The highest BCUT2D eigenvalue weighted by molar-refractivity contribution is 7.09. The minimum absolute atomic E-state index is 0.714. The van der Waals surface area contributed by atoms with Crippen molar-refractivity contribution in [2.45, 2.75) is 51.4 Å². The molecule has 0 aromatic carbocycles. The smallest absolute Gasteiger partial charge is 0.0959 e. The zero-order valence-electron chi connectivity index (χ0n) is 10.1. The predicted molar refractivity (Wildman–Crippen MR) is 69.9 cm³/mol. The van der Waals surface area contributed by atoms with E-state index in [0.29, 0.717) is 6.54 Å². The van der Waals surface area contributed by atoms with Crippen molar-refractivity contribution in [2.24, 2.45) is 11.7 Å². The van der Waals surface area contributed by atoms with Gasteiger partial charge in [0.25, 0.3) is 0 Å². The van der Waals surface area contributed by atoms with E-state index in [1.165, 1.54) is 42.8 Å². The highest BCUT2D eigenvalue weighted by atomic mass is 32.1. The summed E-state index contributed by atoms with van der Waals surface area (Å²) in [7, 11) is 0. The Balaban J connectivity index is 1.92. The molecule has 0 bridgehead atoms. The zero-order chi connectivity index (χ0) is 11.4. The summed E-state index contributed by atoms with van der Waals surface area (Å²) < 4.78 is 0. The Morgan fingerprint density at radius 1 is 1.38 bits per heavy atom. The molecule has 0 radical (unpaired) electrons. The van der Waals surface area contributed by atoms with E-state index in [1.54, 1.807) is 0 Å². The molecule has 1 aromatic rings. The van der Waals surface area contributed by atoms with Gasteiger partial charge in [0.2, 0.25) is 0 Å². The number of hydrogen-bond donors (Lipinski definition) is 1. The molecule has 2 nitrogen and oxygen atoms in total.